The molecule has 0 radical (unpaired) electrons. The first kappa shape index (κ1) is 15.3. The van der Waals surface area contributed by atoms with E-state index in [2.05, 4.69) is 5.32 Å². The number of benzene rings is 1. The molecule has 0 aliphatic carbocycles. The van der Waals surface area contributed by atoms with Gasteiger partial charge in [0.1, 0.15) is 0 Å². The van der Waals surface area contributed by atoms with Crippen LogP contribution >= 0.6 is 0 Å². The summed E-state index contributed by atoms with van der Waals surface area (Å²) < 4.78 is 4.99. The average molecular weight is 266 g/mol. The van der Waals surface area contributed by atoms with Crippen LogP contribution in [0.15, 0.2) is 18.2 Å². The van der Waals surface area contributed by atoms with Crippen molar-refractivity contribution in [3.05, 3.63) is 23.8 Å². The van der Waals surface area contributed by atoms with E-state index < -0.39 is 0 Å². The maximum atomic E-state index is 11.6. The molecule has 1 rings (SSSR count). The van der Waals surface area contributed by atoms with Gasteiger partial charge in [0, 0.05) is 12.6 Å². The highest BCUT2D eigenvalue weighted by Crippen LogP contribution is 2.26. The second kappa shape index (κ2) is 6.99. The number of amides is 1. The van der Waals surface area contributed by atoms with Crippen LogP contribution in [0.4, 0.5) is 0 Å². The molecular formula is C14H22N2O3. The van der Waals surface area contributed by atoms with Gasteiger partial charge in [-0.25, -0.2) is 0 Å². The topological polar surface area (TPSA) is 61.8 Å². The summed E-state index contributed by atoms with van der Waals surface area (Å²) in [6, 6.07) is 5.38. The number of carbonyl (C=O) groups excluding carboxylic acids is 1. The molecule has 106 valence electrons. The smallest absolute Gasteiger partial charge is 0.234 e. The van der Waals surface area contributed by atoms with Gasteiger partial charge in [0.2, 0.25) is 5.91 Å². The zero-order chi connectivity index (χ0) is 14.4. The quantitative estimate of drug-likeness (QED) is 0.816. The molecule has 0 aliphatic rings. The van der Waals surface area contributed by atoms with Gasteiger partial charge in [-0.1, -0.05) is 6.07 Å². The highest BCUT2D eigenvalue weighted by molar-refractivity contribution is 5.78. The monoisotopic (exact) mass is 266 g/mol. The molecule has 19 heavy (non-hydrogen) atoms. The van der Waals surface area contributed by atoms with Crippen molar-refractivity contribution in [2.45, 2.75) is 26.4 Å². The summed E-state index contributed by atoms with van der Waals surface area (Å²) in [4.78, 5) is 13.5. The number of ether oxygens (including phenoxy) is 1. The molecule has 5 nitrogen and oxygen atoms in total. The summed E-state index contributed by atoms with van der Waals surface area (Å²) in [6.45, 7) is 4.77. The third-order valence-electron chi connectivity index (χ3n) is 2.56. The molecule has 0 bridgehead atoms. The number of rotatable bonds is 6. The molecule has 0 unspecified atom stereocenters. The Hall–Kier alpha value is -1.75. The Morgan fingerprint density at radius 2 is 2.16 bits per heavy atom. The molecule has 0 aromatic heterocycles. The van der Waals surface area contributed by atoms with Gasteiger partial charge >= 0.3 is 0 Å². The normalized spacial score (nSPS) is 10.8. The van der Waals surface area contributed by atoms with Gasteiger partial charge in [0.15, 0.2) is 11.5 Å². The van der Waals surface area contributed by atoms with Crippen molar-refractivity contribution in [2.24, 2.45) is 0 Å². The third kappa shape index (κ3) is 5.18. The van der Waals surface area contributed by atoms with Gasteiger partial charge < -0.3 is 15.2 Å². The fourth-order valence-corrected chi connectivity index (χ4v) is 1.81. The zero-order valence-corrected chi connectivity index (χ0v) is 11.9. The van der Waals surface area contributed by atoms with Crippen LogP contribution in [0.25, 0.3) is 0 Å². The minimum Gasteiger partial charge on any atom is -0.504 e. The number of likely N-dealkylation sites (N-methyl/N-ethyl adjacent to an activating group) is 1. The van der Waals surface area contributed by atoms with Crippen molar-refractivity contribution in [2.75, 3.05) is 20.7 Å². The molecule has 0 saturated heterocycles. The largest absolute Gasteiger partial charge is 0.504 e. The highest BCUT2D eigenvalue weighted by Gasteiger charge is 2.09. The van der Waals surface area contributed by atoms with E-state index in [0.29, 0.717) is 18.8 Å². The fraction of sp³-hybridized carbons (Fsp3) is 0.500. The lowest BCUT2D eigenvalue weighted by molar-refractivity contribution is -0.122. The third-order valence-corrected chi connectivity index (χ3v) is 2.56. The molecule has 5 heteroatoms. The molecule has 0 atom stereocenters. The number of phenols is 1. The Morgan fingerprint density at radius 1 is 1.47 bits per heavy atom. The minimum atomic E-state index is -0.00441. The van der Waals surface area contributed by atoms with Crippen LogP contribution in [0, 0.1) is 0 Å². The van der Waals surface area contributed by atoms with E-state index in [1.807, 2.05) is 31.9 Å². The first-order valence-corrected chi connectivity index (χ1v) is 6.26. The van der Waals surface area contributed by atoms with E-state index in [0.717, 1.165) is 5.56 Å². The number of hydrogen-bond donors (Lipinski definition) is 2. The molecule has 0 fully saturated rings. The minimum absolute atomic E-state index is 0.00441. The fourth-order valence-electron chi connectivity index (χ4n) is 1.81. The van der Waals surface area contributed by atoms with Gasteiger partial charge in [-0.2, -0.15) is 0 Å². The lowest BCUT2D eigenvalue weighted by Gasteiger charge is -2.18. The molecule has 0 saturated carbocycles. The van der Waals surface area contributed by atoms with Crippen LogP contribution in [-0.4, -0.2) is 42.7 Å². The van der Waals surface area contributed by atoms with Gasteiger partial charge in [0.25, 0.3) is 0 Å². The van der Waals surface area contributed by atoms with E-state index in [1.165, 1.54) is 7.11 Å². The number of hydrogen-bond acceptors (Lipinski definition) is 4. The van der Waals surface area contributed by atoms with Crippen LogP contribution in [0.2, 0.25) is 0 Å². The van der Waals surface area contributed by atoms with Crippen molar-refractivity contribution < 1.29 is 14.6 Å². The number of carbonyl (C=O) groups is 1. The SMILES string of the molecule is COc1ccc(CN(C)CC(=O)NC(C)C)cc1O. The molecular weight excluding hydrogens is 244 g/mol. The molecule has 1 aromatic rings. The number of phenolic OH excluding ortho intramolecular Hbond substituents is 1. The summed E-state index contributed by atoms with van der Waals surface area (Å²) in [5, 5.41) is 12.5. The predicted octanol–water partition coefficient (Wildman–Crippen LogP) is 1.36. The van der Waals surface area contributed by atoms with E-state index in [-0.39, 0.29) is 17.7 Å². The van der Waals surface area contributed by atoms with Crippen molar-refractivity contribution in [3.8, 4) is 11.5 Å². The summed E-state index contributed by atoms with van der Waals surface area (Å²) in [5.74, 6) is 0.555. The average Bonchev–Trinajstić information content (AvgIpc) is 2.27. The van der Waals surface area contributed by atoms with Crippen LogP contribution in [-0.2, 0) is 11.3 Å². The first-order chi connectivity index (χ1) is 8.92. The van der Waals surface area contributed by atoms with Gasteiger partial charge in [-0.05, 0) is 38.6 Å². The van der Waals surface area contributed by atoms with E-state index in [9.17, 15) is 9.90 Å². The summed E-state index contributed by atoms with van der Waals surface area (Å²) in [6.07, 6.45) is 0. The maximum Gasteiger partial charge on any atom is 0.234 e. The van der Waals surface area contributed by atoms with Gasteiger partial charge in [0.05, 0.1) is 13.7 Å². The highest BCUT2D eigenvalue weighted by atomic mass is 16.5. The molecule has 2 N–H and O–H groups in total. The first-order valence-electron chi connectivity index (χ1n) is 6.26. The van der Waals surface area contributed by atoms with Crippen molar-refractivity contribution in [1.29, 1.82) is 0 Å². The number of aromatic hydroxyl groups is 1. The Morgan fingerprint density at radius 3 is 2.68 bits per heavy atom. The van der Waals surface area contributed by atoms with Gasteiger partial charge in [-0.15, -0.1) is 0 Å². The maximum absolute atomic E-state index is 11.6. The Labute approximate surface area is 114 Å². The standard InChI is InChI=1S/C14H22N2O3/c1-10(2)15-14(18)9-16(3)8-11-5-6-13(19-4)12(17)7-11/h5-7,10,17H,8-9H2,1-4H3,(H,15,18). The van der Waals surface area contributed by atoms with Crippen LogP contribution < -0.4 is 10.1 Å². The summed E-state index contributed by atoms with van der Waals surface area (Å²) in [7, 11) is 3.37. The van der Waals surface area contributed by atoms with Crippen molar-refractivity contribution >= 4 is 5.91 Å². The van der Waals surface area contributed by atoms with E-state index >= 15 is 0 Å². The van der Waals surface area contributed by atoms with Crippen molar-refractivity contribution in [3.63, 3.8) is 0 Å². The lowest BCUT2D eigenvalue weighted by atomic mass is 10.2. The zero-order valence-electron chi connectivity index (χ0n) is 11.9. The summed E-state index contributed by atoms with van der Waals surface area (Å²) >= 11 is 0. The summed E-state index contributed by atoms with van der Waals surface area (Å²) in [5.41, 5.74) is 0.929. The second-order valence-corrected chi connectivity index (χ2v) is 4.90. The molecule has 1 aromatic carbocycles. The lowest BCUT2D eigenvalue weighted by Crippen LogP contribution is -2.38. The van der Waals surface area contributed by atoms with Crippen LogP contribution in [0.3, 0.4) is 0 Å². The Bertz CT molecular complexity index is 433. The van der Waals surface area contributed by atoms with Crippen molar-refractivity contribution in [1.82, 2.24) is 10.2 Å². The molecule has 0 heterocycles. The molecule has 0 aliphatic heterocycles. The molecule has 1 amide bonds. The van der Waals surface area contributed by atoms with Crippen LogP contribution in [0.1, 0.15) is 19.4 Å². The number of nitrogens with zero attached hydrogens (tertiary/aromatic N) is 1. The number of nitrogens with one attached hydrogen (secondary N) is 1. The van der Waals surface area contributed by atoms with Crippen LogP contribution in [0.5, 0.6) is 11.5 Å². The molecule has 0 spiro atoms. The van der Waals surface area contributed by atoms with E-state index in [4.69, 9.17) is 4.74 Å². The van der Waals surface area contributed by atoms with E-state index in [1.54, 1.807) is 12.1 Å². The number of methoxy groups -OCH3 is 1. The van der Waals surface area contributed by atoms with Gasteiger partial charge in [-0.3, -0.25) is 9.69 Å². The predicted molar refractivity (Wildman–Crippen MR) is 74.3 cm³/mol. The Balaban J connectivity index is 2.54. The second-order valence-electron chi connectivity index (χ2n) is 4.90. The Kier molecular flexibility index (Phi) is 5.63.